The van der Waals surface area contributed by atoms with E-state index in [0.29, 0.717) is 4.57 Å². The summed E-state index contributed by atoms with van der Waals surface area (Å²) in [5.41, 5.74) is 1.55. The second-order valence-electron chi connectivity index (χ2n) is 16.0. The van der Waals surface area contributed by atoms with Gasteiger partial charge in [-0.15, -0.1) is 0 Å². The molecule has 3 heterocycles. The van der Waals surface area contributed by atoms with Crippen LogP contribution in [-0.2, 0) is 32.6 Å². The highest BCUT2D eigenvalue weighted by Gasteiger charge is 2.67. The molecule has 1 spiro atoms. The molecule has 2 N–H and O–H groups in total. The normalized spacial score (nSPS) is 25.9. The maximum absolute atomic E-state index is 14.0. The summed E-state index contributed by atoms with van der Waals surface area (Å²) in [6.07, 6.45) is -3.75. The van der Waals surface area contributed by atoms with Crippen molar-refractivity contribution in [3.63, 3.8) is 0 Å². The summed E-state index contributed by atoms with van der Waals surface area (Å²) in [7, 11) is -9.50. The fourth-order valence-corrected chi connectivity index (χ4v) is 8.07. The molecule has 0 amide bonds. The first-order valence-corrected chi connectivity index (χ1v) is 22.2. The minimum Gasteiger partial charge on any atom is -0.443 e. The van der Waals surface area contributed by atoms with E-state index in [1.54, 1.807) is 20.8 Å². The Kier molecular flexibility index (Phi) is 9.60. The quantitative estimate of drug-likeness (QED) is 0.334. The molecule has 3 rings (SSSR count). The van der Waals surface area contributed by atoms with Gasteiger partial charge in [-0.25, -0.2) is 13.8 Å². The third-order valence-electron chi connectivity index (χ3n) is 9.21. The second kappa shape index (κ2) is 11.6. The topological polar surface area (TPSA) is 167 Å². The van der Waals surface area contributed by atoms with Gasteiger partial charge in [-0.2, -0.15) is 13.0 Å². The zero-order chi connectivity index (χ0) is 34.9. The molecule has 0 unspecified atom stereocenters. The smallest absolute Gasteiger partial charge is 0.425 e. The van der Waals surface area contributed by atoms with Crippen LogP contribution in [0.5, 0.6) is 0 Å². The van der Waals surface area contributed by atoms with Gasteiger partial charge in [0.2, 0.25) is 0 Å². The highest BCUT2D eigenvalue weighted by Crippen LogP contribution is 2.52. The molecule has 2 aliphatic rings. The number of carbonyl (C=O) groups excluding carboxylic acids is 1. The number of carbonyl (C=O) groups is 1. The lowest BCUT2D eigenvalue weighted by atomic mass is 9.89. The molecule has 16 heteroatoms. The summed E-state index contributed by atoms with van der Waals surface area (Å²) >= 11 is 0. The Labute approximate surface area is 268 Å². The number of hydrogen-bond donors (Lipinski definition) is 1. The van der Waals surface area contributed by atoms with E-state index in [-0.39, 0.29) is 27.9 Å². The Bertz CT molecular complexity index is 1590. The molecule has 1 aromatic heterocycles. The molecule has 0 bridgehead atoms. The van der Waals surface area contributed by atoms with Crippen LogP contribution in [0, 0.1) is 6.92 Å². The molecule has 4 atom stereocenters. The maximum Gasteiger partial charge on any atom is 0.425 e. The van der Waals surface area contributed by atoms with Gasteiger partial charge in [0.25, 0.3) is 15.7 Å². The number of nitrogens with zero attached hydrogens (tertiary/aromatic N) is 2. The predicted molar refractivity (Wildman–Crippen MR) is 175 cm³/mol. The molecular formula is C29H51N3O10SSi2. The largest absolute Gasteiger partial charge is 0.443 e. The van der Waals surface area contributed by atoms with Crippen LogP contribution in [0.25, 0.3) is 0 Å². The number of aromatic nitrogens is 2. The number of hydrogen-bond acceptors (Lipinski definition) is 11. The molecule has 13 nitrogen and oxygen atoms in total. The molecule has 0 radical (unpaired) electrons. The Balaban J connectivity index is 2.33. The summed E-state index contributed by atoms with van der Waals surface area (Å²) in [5, 5.41) is 0.256. The summed E-state index contributed by atoms with van der Waals surface area (Å²) in [5.74, 6) is 0. The van der Waals surface area contributed by atoms with E-state index < -0.39 is 73.7 Å². The van der Waals surface area contributed by atoms with Crippen LogP contribution in [0.1, 0.15) is 74.1 Å². The van der Waals surface area contributed by atoms with Crippen molar-refractivity contribution in [3.05, 3.63) is 43.7 Å². The van der Waals surface area contributed by atoms with E-state index in [4.69, 9.17) is 28.2 Å². The third kappa shape index (κ3) is 7.11. The van der Waals surface area contributed by atoms with Crippen LogP contribution in [0.3, 0.4) is 0 Å². The van der Waals surface area contributed by atoms with Gasteiger partial charge < -0.3 is 24.1 Å². The van der Waals surface area contributed by atoms with E-state index in [1.807, 2.05) is 47.0 Å². The Hall–Kier alpha value is -2.09. The van der Waals surface area contributed by atoms with Gasteiger partial charge in [-0.3, -0.25) is 9.36 Å². The van der Waals surface area contributed by atoms with Crippen molar-refractivity contribution in [1.29, 1.82) is 0 Å². The van der Waals surface area contributed by atoms with Crippen LogP contribution in [0.15, 0.2) is 26.9 Å². The first kappa shape index (κ1) is 37.4. The van der Waals surface area contributed by atoms with Crippen molar-refractivity contribution >= 4 is 32.8 Å². The van der Waals surface area contributed by atoms with E-state index in [0.717, 1.165) is 9.98 Å². The van der Waals surface area contributed by atoms with Gasteiger partial charge in [-0.1, -0.05) is 41.5 Å². The Morgan fingerprint density at radius 3 is 1.98 bits per heavy atom. The zero-order valence-electron chi connectivity index (χ0n) is 29.1. The summed E-state index contributed by atoms with van der Waals surface area (Å²) in [6.45, 7) is 26.3. The van der Waals surface area contributed by atoms with E-state index in [2.05, 4.69) is 20.8 Å². The van der Waals surface area contributed by atoms with Crippen molar-refractivity contribution in [2.24, 2.45) is 5.73 Å². The first-order valence-electron chi connectivity index (χ1n) is 15.0. The molecule has 0 aromatic carbocycles. The summed E-state index contributed by atoms with van der Waals surface area (Å²) in [6, 6.07) is 0. The zero-order valence-corrected chi connectivity index (χ0v) is 31.9. The van der Waals surface area contributed by atoms with Gasteiger partial charge in [0.15, 0.2) is 28.5 Å². The fraction of sp³-hybridized carbons (Fsp3) is 0.759. The molecule has 0 saturated carbocycles. The van der Waals surface area contributed by atoms with Crippen molar-refractivity contribution in [2.45, 2.75) is 135 Å². The standard InChI is InChI=1S/C29H51N3O10SSi2/c1-18-15-31(24(34)32(22(18)33)25(35)40-26(2,3)4)23-21(41-45(13,14)28(8,9)10)29(19(30)17-43(36,37)42-29)20(39-23)16-38-44(11,12)27(5,6)7/h15,17,20-21,23H,16,30H2,1-14H3/t20-,21+,23-,29-/m1/s1. The van der Waals surface area contributed by atoms with Crippen molar-refractivity contribution in [1.82, 2.24) is 9.13 Å². The molecular weight excluding hydrogens is 639 g/mol. The first-order chi connectivity index (χ1) is 20.0. The molecule has 256 valence electrons. The Morgan fingerprint density at radius 1 is 1.00 bits per heavy atom. The summed E-state index contributed by atoms with van der Waals surface area (Å²) in [4.78, 5) is 40.3. The number of ether oxygens (including phenoxy) is 2. The summed E-state index contributed by atoms with van der Waals surface area (Å²) < 4.78 is 58.5. The SMILES string of the molecule is Cc1cn([C@@H]2O[C@H](CO[Si](C)(C)C(C)(C)C)[C@@]3(OS(=O)(=O)C=C3N)[C@H]2O[Si](C)(C)C(C)(C)C)c(=O)n(C(=O)OC(C)(C)C)c1=O. The van der Waals surface area contributed by atoms with Crippen LogP contribution >= 0.6 is 0 Å². The van der Waals surface area contributed by atoms with Gasteiger partial charge in [0.1, 0.15) is 17.8 Å². The third-order valence-corrected chi connectivity index (χ3v) is 19.2. The van der Waals surface area contributed by atoms with Gasteiger partial charge in [-0.05, 0) is 64.0 Å². The minimum atomic E-state index is -4.29. The molecule has 0 aliphatic carbocycles. The van der Waals surface area contributed by atoms with Crippen molar-refractivity contribution in [3.8, 4) is 0 Å². The fourth-order valence-electron chi connectivity index (χ4n) is 4.56. The highest BCUT2D eigenvalue weighted by atomic mass is 32.2. The second-order valence-corrected chi connectivity index (χ2v) is 26.9. The number of rotatable bonds is 6. The van der Waals surface area contributed by atoms with Crippen LogP contribution < -0.4 is 17.0 Å². The number of nitrogens with two attached hydrogens (primary N) is 1. The van der Waals surface area contributed by atoms with Crippen molar-refractivity contribution < 1.29 is 35.7 Å². The van der Waals surface area contributed by atoms with Crippen LogP contribution in [-0.4, -0.2) is 70.3 Å². The lowest BCUT2D eigenvalue weighted by molar-refractivity contribution is -0.0567. The van der Waals surface area contributed by atoms with Crippen LogP contribution in [0.2, 0.25) is 36.3 Å². The molecule has 2 aliphatic heterocycles. The minimum absolute atomic E-state index is 0.0358. The van der Waals surface area contributed by atoms with Gasteiger partial charge in [0.05, 0.1) is 17.7 Å². The molecule has 1 fully saturated rings. The predicted octanol–water partition coefficient (Wildman–Crippen LogP) is 4.31. The van der Waals surface area contributed by atoms with Crippen LogP contribution in [0.4, 0.5) is 4.79 Å². The average molecular weight is 690 g/mol. The van der Waals surface area contributed by atoms with E-state index >= 15 is 0 Å². The average Bonchev–Trinajstić information content (AvgIpc) is 3.24. The number of aryl methyl sites for hydroxylation is 1. The molecule has 1 aromatic rings. The maximum atomic E-state index is 14.0. The molecule has 45 heavy (non-hydrogen) atoms. The Morgan fingerprint density at radius 2 is 1.53 bits per heavy atom. The molecule has 1 saturated heterocycles. The lowest BCUT2D eigenvalue weighted by Crippen LogP contribution is -2.59. The van der Waals surface area contributed by atoms with Crippen molar-refractivity contribution in [2.75, 3.05) is 6.61 Å². The van der Waals surface area contributed by atoms with Gasteiger partial charge >= 0.3 is 11.8 Å². The van der Waals surface area contributed by atoms with Gasteiger partial charge in [0, 0.05) is 11.8 Å². The van der Waals surface area contributed by atoms with E-state index in [1.165, 1.54) is 13.1 Å². The lowest BCUT2D eigenvalue weighted by Gasteiger charge is -2.43. The monoisotopic (exact) mass is 689 g/mol. The van der Waals surface area contributed by atoms with E-state index in [9.17, 15) is 22.8 Å². The highest BCUT2D eigenvalue weighted by molar-refractivity contribution is 7.90.